The molecule has 2 aromatic heterocycles. The van der Waals surface area contributed by atoms with Crippen molar-refractivity contribution in [2.45, 2.75) is 32.8 Å². The molecule has 4 rings (SSSR count). The zero-order valence-corrected chi connectivity index (χ0v) is 20.2. The molecule has 0 unspecified atom stereocenters. The summed E-state index contributed by atoms with van der Waals surface area (Å²) >= 11 is 2.74. The van der Waals surface area contributed by atoms with Gasteiger partial charge in [0.15, 0.2) is 16.6 Å². The highest BCUT2D eigenvalue weighted by atomic mass is 32.1. The first-order valence-electron chi connectivity index (χ1n) is 10.6. The highest BCUT2D eigenvalue weighted by Gasteiger charge is 2.26. The number of aromatic nitrogens is 2. The van der Waals surface area contributed by atoms with E-state index in [9.17, 15) is 14.9 Å². The number of carbonyl (C=O) groups is 1. The van der Waals surface area contributed by atoms with Crippen LogP contribution in [-0.4, -0.2) is 27.9 Å². The number of hydrogen-bond donors (Lipinski definition) is 1. The Balaban J connectivity index is 1.58. The average Bonchev–Trinajstić information content (AvgIpc) is 3.49. The lowest BCUT2D eigenvalue weighted by molar-refractivity contribution is -0.385. The van der Waals surface area contributed by atoms with Crippen LogP contribution < -0.4 is 14.8 Å². The number of anilines is 1. The smallest absolute Gasteiger partial charge is 0.286 e. The fourth-order valence-corrected chi connectivity index (χ4v) is 4.81. The quantitative estimate of drug-likeness (QED) is 0.215. The van der Waals surface area contributed by atoms with Crippen molar-refractivity contribution in [2.75, 3.05) is 12.4 Å². The number of benzene rings is 2. The number of carbonyl (C=O) groups excluding carboxylic acids is 1. The summed E-state index contributed by atoms with van der Waals surface area (Å²) < 4.78 is 11.9. The molecular weight excluding hydrogens is 476 g/mol. The topological polar surface area (TPSA) is 116 Å². The van der Waals surface area contributed by atoms with Crippen LogP contribution in [0.3, 0.4) is 0 Å². The summed E-state index contributed by atoms with van der Waals surface area (Å²) in [7, 11) is 1.40. The zero-order chi connectivity index (χ0) is 24.1. The Bertz CT molecular complexity index is 1320. The van der Waals surface area contributed by atoms with E-state index in [0.717, 1.165) is 29.5 Å². The van der Waals surface area contributed by atoms with Gasteiger partial charge in [-0.1, -0.05) is 30.7 Å². The SMILES string of the molecule is CCCCc1ccc2nc(NC(=O)c3cc(OC)c(OCc4cscn4)cc3[N+](=O)[O-])sc2c1. The minimum absolute atomic E-state index is 0.120. The molecule has 0 radical (unpaired) electrons. The van der Waals surface area contributed by atoms with E-state index in [1.807, 2.05) is 17.5 Å². The minimum atomic E-state index is -0.652. The number of nitrogens with zero attached hydrogens (tertiary/aromatic N) is 3. The molecule has 0 atom stereocenters. The standard InChI is InChI=1S/C23H22N4O5S2/c1-3-4-5-14-6-7-17-21(8-14)34-23(25-17)26-22(28)16-9-19(31-2)20(10-18(16)27(29)30)32-11-15-12-33-13-24-15/h6-10,12-13H,3-5,11H2,1-2H3,(H,25,26,28). The van der Waals surface area contributed by atoms with Gasteiger partial charge in [-0.3, -0.25) is 20.2 Å². The lowest BCUT2D eigenvalue weighted by Crippen LogP contribution is -2.14. The third-order valence-electron chi connectivity index (χ3n) is 5.07. The highest BCUT2D eigenvalue weighted by Crippen LogP contribution is 2.36. The fourth-order valence-electron chi connectivity index (χ4n) is 3.34. The van der Waals surface area contributed by atoms with Gasteiger partial charge in [-0.2, -0.15) is 0 Å². The van der Waals surface area contributed by atoms with Gasteiger partial charge in [0.1, 0.15) is 12.2 Å². The number of amides is 1. The molecule has 1 amide bonds. The molecule has 9 nitrogen and oxygen atoms in total. The van der Waals surface area contributed by atoms with Gasteiger partial charge < -0.3 is 9.47 Å². The van der Waals surface area contributed by atoms with Crippen LogP contribution in [-0.2, 0) is 13.0 Å². The molecule has 0 saturated carbocycles. The first-order chi connectivity index (χ1) is 16.5. The third-order valence-corrected chi connectivity index (χ3v) is 6.64. The van der Waals surface area contributed by atoms with Crippen LogP contribution in [0.25, 0.3) is 10.2 Å². The van der Waals surface area contributed by atoms with Crippen LogP contribution in [0, 0.1) is 10.1 Å². The van der Waals surface area contributed by atoms with E-state index >= 15 is 0 Å². The molecule has 4 aromatic rings. The summed E-state index contributed by atoms with van der Waals surface area (Å²) in [5, 5.41) is 16.6. The summed E-state index contributed by atoms with van der Waals surface area (Å²) in [6.07, 6.45) is 3.19. The van der Waals surface area contributed by atoms with Crippen molar-refractivity contribution in [3.63, 3.8) is 0 Å². The molecule has 2 aromatic carbocycles. The van der Waals surface area contributed by atoms with E-state index < -0.39 is 16.5 Å². The number of rotatable bonds is 10. The maximum atomic E-state index is 13.0. The second-order valence-corrected chi connectivity index (χ2v) is 9.17. The van der Waals surface area contributed by atoms with Gasteiger partial charge in [0.25, 0.3) is 11.6 Å². The summed E-state index contributed by atoms with van der Waals surface area (Å²) in [6, 6.07) is 8.52. The van der Waals surface area contributed by atoms with Crippen molar-refractivity contribution in [3.8, 4) is 11.5 Å². The van der Waals surface area contributed by atoms with Crippen molar-refractivity contribution >= 4 is 49.6 Å². The molecule has 0 bridgehead atoms. The highest BCUT2D eigenvalue weighted by molar-refractivity contribution is 7.22. The van der Waals surface area contributed by atoms with E-state index in [0.29, 0.717) is 10.8 Å². The van der Waals surface area contributed by atoms with Gasteiger partial charge in [0.2, 0.25) is 0 Å². The average molecular weight is 499 g/mol. The van der Waals surface area contributed by atoms with Crippen molar-refractivity contribution in [3.05, 3.63) is 68.2 Å². The molecule has 34 heavy (non-hydrogen) atoms. The van der Waals surface area contributed by atoms with Crippen molar-refractivity contribution in [1.82, 2.24) is 9.97 Å². The van der Waals surface area contributed by atoms with Crippen molar-refractivity contribution < 1.29 is 19.2 Å². The predicted molar refractivity (Wildman–Crippen MR) is 132 cm³/mol. The molecule has 0 aliphatic heterocycles. The van der Waals surface area contributed by atoms with Gasteiger partial charge in [0, 0.05) is 11.4 Å². The number of nitrogens with one attached hydrogen (secondary N) is 1. The zero-order valence-electron chi connectivity index (χ0n) is 18.6. The molecule has 1 N–H and O–H groups in total. The van der Waals surface area contributed by atoms with E-state index in [1.54, 1.807) is 5.51 Å². The first-order valence-corrected chi connectivity index (χ1v) is 12.3. The Kier molecular flexibility index (Phi) is 7.33. The summed E-state index contributed by atoms with van der Waals surface area (Å²) in [4.78, 5) is 32.7. The van der Waals surface area contributed by atoms with E-state index in [-0.39, 0.29) is 23.7 Å². The Morgan fingerprint density at radius 2 is 2.09 bits per heavy atom. The number of nitro benzene ring substituents is 1. The molecule has 0 saturated heterocycles. The first kappa shape index (κ1) is 23.6. The number of methoxy groups -OCH3 is 1. The van der Waals surface area contributed by atoms with Gasteiger partial charge in [0.05, 0.1) is 39.5 Å². The second kappa shape index (κ2) is 10.6. The molecular formula is C23H22N4O5S2. The van der Waals surface area contributed by atoms with Crippen LogP contribution in [0.1, 0.15) is 41.4 Å². The van der Waals surface area contributed by atoms with Crippen molar-refractivity contribution in [1.29, 1.82) is 0 Å². The monoisotopic (exact) mass is 498 g/mol. The van der Waals surface area contributed by atoms with Crippen LogP contribution in [0.5, 0.6) is 11.5 Å². The second-order valence-electron chi connectivity index (χ2n) is 7.42. The minimum Gasteiger partial charge on any atom is -0.493 e. The largest absolute Gasteiger partial charge is 0.493 e. The third kappa shape index (κ3) is 5.32. The summed E-state index contributed by atoms with van der Waals surface area (Å²) in [6.45, 7) is 2.27. The van der Waals surface area contributed by atoms with E-state index in [2.05, 4.69) is 28.3 Å². The molecule has 11 heteroatoms. The number of thiazole rings is 2. The lowest BCUT2D eigenvalue weighted by atomic mass is 10.1. The van der Waals surface area contributed by atoms with E-state index in [1.165, 1.54) is 47.5 Å². The molecule has 0 fully saturated rings. The summed E-state index contributed by atoms with van der Waals surface area (Å²) in [5.41, 5.74) is 3.79. The Hall–Kier alpha value is -3.57. The van der Waals surface area contributed by atoms with Gasteiger partial charge in [-0.05, 0) is 30.5 Å². The lowest BCUT2D eigenvalue weighted by Gasteiger charge is -2.12. The Labute approximate surface area is 203 Å². The predicted octanol–water partition coefficient (Wildman–Crippen LogP) is 5.84. The van der Waals surface area contributed by atoms with Gasteiger partial charge >= 0.3 is 0 Å². The number of nitro groups is 1. The Morgan fingerprint density at radius 3 is 2.79 bits per heavy atom. The normalized spacial score (nSPS) is 10.9. The molecule has 176 valence electrons. The molecule has 0 aliphatic rings. The van der Waals surface area contributed by atoms with Crippen LogP contribution in [0.4, 0.5) is 10.8 Å². The van der Waals surface area contributed by atoms with Crippen LogP contribution in [0.15, 0.2) is 41.2 Å². The molecule has 2 heterocycles. The Morgan fingerprint density at radius 1 is 1.24 bits per heavy atom. The number of fused-ring (bicyclic) bond motifs is 1. The van der Waals surface area contributed by atoms with Gasteiger partial charge in [-0.15, -0.1) is 11.3 Å². The van der Waals surface area contributed by atoms with E-state index in [4.69, 9.17) is 9.47 Å². The number of ether oxygens (including phenoxy) is 2. The number of hydrogen-bond acceptors (Lipinski definition) is 9. The molecule has 0 aliphatic carbocycles. The van der Waals surface area contributed by atoms with Crippen LogP contribution in [0.2, 0.25) is 0 Å². The fraction of sp³-hybridized carbons (Fsp3) is 0.261. The summed E-state index contributed by atoms with van der Waals surface area (Å²) in [5.74, 6) is -0.296. The maximum absolute atomic E-state index is 13.0. The van der Waals surface area contributed by atoms with Gasteiger partial charge in [-0.25, -0.2) is 9.97 Å². The van der Waals surface area contributed by atoms with Crippen LogP contribution >= 0.6 is 22.7 Å². The molecule has 0 spiro atoms. The maximum Gasteiger partial charge on any atom is 0.286 e. The van der Waals surface area contributed by atoms with Crippen molar-refractivity contribution in [2.24, 2.45) is 0 Å². The number of unbranched alkanes of at least 4 members (excludes halogenated alkanes) is 1. The number of aryl methyl sites for hydroxylation is 1.